The number of hydrogen-bond donors (Lipinski definition) is 1. The quantitative estimate of drug-likeness (QED) is 0.662. The van der Waals surface area contributed by atoms with Gasteiger partial charge in [0.05, 0.1) is 5.52 Å². The van der Waals surface area contributed by atoms with E-state index >= 15 is 0 Å². The summed E-state index contributed by atoms with van der Waals surface area (Å²) >= 11 is 0. The minimum atomic E-state index is -0.514. The first kappa shape index (κ1) is 18.4. The number of likely N-dealkylation sites (tertiary alicyclic amines) is 1. The molecule has 1 fully saturated rings. The Hall–Kier alpha value is -2.93. The molecule has 0 atom stereocenters. The summed E-state index contributed by atoms with van der Waals surface area (Å²) in [6.07, 6.45) is 4.33. The van der Waals surface area contributed by atoms with Crippen LogP contribution in [0.25, 0.3) is 11.1 Å². The molecule has 146 valence electrons. The van der Waals surface area contributed by atoms with E-state index in [2.05, 4.69) is 9.88 Å². The summed E-state index contributed by atoms with van der Waals surface area (Å²) in [6, 6.07) is 10.3. The summed E-state index contributed by atoms with van der Waals surface area (Å²) in [4.78, 5) is 40.4. The van der Waals surface area contributed by atoms with Crippen molar-refractivity contribution in [3.8, 4) is 0 Å². The number of piperidine rings is 1. The van der Waals surface area contributed by atoms with Crippen molar-refractivity contribution >= 4 is 16.9 Å². The van der Waals surface area contributed by atoms with Crippen LogP contribution in [0.2, 0.25) is 0 Å². The maximum atomic E-state index is 12.5. The third-order valence-corrected chi connectivity index (χ3v) is 5.46. The zero-order chi connectivity index (χ0) is 19.5. The fraction of sp³-hybridized carbons (Fsp3) is 0.381. The lowest BCUT2D eigenvalue weighted by atomic mass is 9.96. The number of ketones is 1. The second-order valence-electron chi connectivity index (χ2n) is 7.37. The Labute approximate surface area is 161 Å². The topological polar surface area (TPSA) is 88.3 Å². The summed E-state index contributed by atoms with van der Waals surface area (Å²) in [6.45, 7) is 3.34. The number of fused-ring (bicyclic) bond motifs is 1. The van der Waals surface area contributed by atoms with Crippen molar-refractivity contribution in [2.45, 2.75) is 25.8 Å². The first-order valence-electron chi connectivity index (χ1n) is 9.62. The van der Waals surface area contributed by atoms with E-state index in [0.717, 1.165) is 32.5 Å². The predicted molar refractivity (Wildman–Crippen MR) is 106 cm³/mol. The van der Waals surface area contributed by atoms with E-state index in [1.165, 1.54) is 0 Å². The number of benzene rings is 1. The lowest BCUT2D eigenvalue weighted by molar-refractivity contribution is 0.0948. The van der Waals surface area contributed by atoms with E-state index in [4.69, 9.17) is 4.42 Å². The highest BCUT2D eigenvalue weighted by molar-refractivity contribution is 5.98. The van der Waals surface area contributed by atoms with Gasteiger partial charge in [-0.1, -0.05) is 6.07 Å². The second kappa shape index (κ2) is 7.98. The molecule has 1 aromatic carbocycles. The van der Waals surface area contributed by atoms with Crippen LogP contribution >= 0.6 is 0 Å². The largest absolute Gasteiger partial charge is 0.417 e. The summed E-state index contributed by atoms with van der Waals surface area (Å²) in [5.41, 5.74) is 1.62. The summed E-state index contributed by atoms with van der Waals surface area (Å²) < 4.78 is 6.80. The van der Waals surface area contributed by atoms with Gasteiger partial charge in [0.25, 0.3) is 5.56 Å². The predicted octanol–water partition coefficient (Wildman–Crippen LogP) is 2.27. The van der Waals surface area contributed by atoms with E-state index in [0.29, 0.717) is 35.5 Å². The summed E-state index contributed by atoms with van der Waals surface area (Å²) in [5, 5.41) is 0. The monoisotopic (exact) mass is 381 g/mol. The molecule has 1 aliphatic heterocycles. The molecule has 2 aromatic heterocycles. The van der Waals surface area contributed by atoms with Crippen LogP contribution in [-0.2, 0) is 6.54 Å². The van der Waals surface area contributed by atoms with Gasteiger partial charge >= 0.3 is 5.76 Å². The molecule has 1 N–H and O–H groups in total. The fourth-order valence-electron chi connectivity index (χ4n) is 3.81. The molecule has 1 saturated heterocycles. The molecule has 1 aliphatic rings. The van der Waals surface area contributed by atoms with Crippen LogP contribution in [0.3, 0.4) is 0 Å². The zero-order valence-corrected chi connectivity index (χ0v) is 15.6. The van der Waals surface area contributed by atoms with Crippen LogP contribution in [0, 0.1) is 5.92 Å². The van der Waals surface area contributed by atoms with Gasteiger partial charge in [-0.15, -0.1) is 0 Å². The van der Waals surface area contributed by atoms with Crippen LogP contribution in [0.5, 0.6) is 0 Å². The van der Waals surface area contributed by atoms with E-state index in [1.807, 2.05) is 12.3 Å². The van der Waals surface area contributed by atoms with E-state index in [1.54, 1.807) is 34.9 Å². The molecule has 0 aliphatic carbocycles. The van der Waals surface area contributed by atoms with Gasteiger partial charge in [-0.05, 0) is 56.1 Å². The number of rotatable bonds is 6. The summed E-state index contributed by atoms with van der Waals surface area (Å²) in [7, 11) is 0. The lowest BCUT2D eigenvalue weighted by Gasteiger charge is -2.32. The molecule has 3 aromatic rings. The van der Waals surface area contributed by atoms with Crippen molar-refractivity contribution in [3.63, 3.8) is 0 Å². The van der Waals surface area contributed by atoms with Gasteiger partial charge in [-0.25, -0.2) is 4.79 Å². The molecule has 0 amide bonds. The van der Waals surface area contributed by atoms with Gasteiger partial charge in [-0.3, -0.25) is 14.6 Å². The Morgan fingerprint density at radius 2 is 1.96 bits per heavy atom. The molecule has 28 heavy (non-hydrogen) atoms. The van der Waals surface area contributed by atoms with Gasteiger partial charge in [0.2, 0.25) is 0 Å². The molecule has 7 nitrogen and oxygen atoms in total. The minimum absolute atomic E-state index is 0.0451. The number of H-pyrrole nitrogens is 1. The van der Waals surface area contributed by atoms with Gasteiger partial charge in [-0.2, -0.15) is 0 Å². The Morgan fingerprint density at radius 3 is 2.75 bits per heavy atom. The van der Waals surface area contributed by atoms with E-state index in [-0.39, 0.29) is 11.3 Å². The van der Waals surface area contributed by atoms with Crippen LogP contribution in [0.15, 0.2) is 56.6 Å². The average Bonchev–Trinajstić information content (AvgIpc) is 3.08. The SMILES string of the molecule is O=C(CCN1CCC(Cn2ccccc2=O)CC1)c1ccc2[nH]c(=O)oc2c1. The van der Waals surface area contributed by atoms with Crippen molar-refractivity contribution in [2.75, 3.05) is 19.6 Å². The van der Waals surface area contributed by atoms with E-state index < -0.39 is 5.76 Å². The number of Topliss-reactive ketones (excluding diaryl/α,β-unsaturated/α-hetero) is 1. The Bertz CT molecular complexity index is 1090. The number of oxazole rings is 1. The molecule has 0 saturated carbocycles. The fourth-order valence-corrected chi connectivity index (χ4v) is 3.81. The number of nitrogens with one attached hydrogen (secondary N) is 1. The molecule has 0 radical (unpaired) electrons. The van der Waals surface area contributed by atoms with Gasteiger partial charge < -0.3 is 13.9 Å². The number of carbonyl (C=O) groups excluding carboxylic acids is 1. The molecular weight excluding hydrogens is 358 g/mol. The molecule has 7 heteroatoms. The van der Waals surface area contributed by atoms with Crippen molar-refractivity contribution in [1.82, 2.24) is 14.5 Å². The first-order chi connectivity index (χ1) is 13.6. The number of aromatic amines is 1. The van der Waals surface area contributed by atoms with Crippen molar-refractivity contribution in [2.24, 2.45) is 5.92 Å². The van der Waals surface area contributed by atoms with Gasteiger partial charge in [0.15, 0.2) is 11.4 Å². The standard InChI is InChI=1S/C21H23N3O4/c25-18(16-4-5-17-19(13-16)28-21(27)22-17)8-12-23-10-6-15(7-11-23)14-24-9-2-1-3-20(24)26/h1-5,9,13,15H,6-8,10-12,14H2,(H,22,27). The summed E-state index contributed by atoms with van der Waals surface area (Å²) in [5.74, 6) is 0.0231. The average molecular weight is 381 g/mol. The smallest absolute Gasteiger partial charge is 0.408 e. The highest BCUT2D eigenvalue weighted by atomic mass is 16.4. The lowest BCUT2D eigenvalue weighted by Crippen LogP contribution is -2.37. The molecular formula is C21H23N3O4. The molecule has 0 bridgehead atoms. The normalized spacial score (nSPS) is 15.9. The minimum Gasteiger partial charge on any atom is -0.408 e. The van der Waals surface area contributed by atoms with Crippen LogP contribution in [-0.4, -0.2) is 39.9 Å². The van der Waals surface area contributed by atoms with Gasteiger partial charge in [0.1, 0.15) is 0 Å². The Kier molecular flexibility index (Phi) is 5.25. The number of aromatic nitrogens is 2. The zero-order valence-electron chi connectivity index (χ0n) is 15.6. The maximum Gasteiger partial charge on any atom is 0.417 e. The maximum absolute atomic E-state index is 12.5. The van der Waals surface area contributed by atoms with Crippen LogP contribution in [0.4, 0.5) is 0 Å². The highest BCUT2D eigenvalue weighted by Gasteiger charge is 2.20. The molecule has 0 spiro atoms. The molecule has 0 unspecified atom stereocenters. The second-order valence-corrected chi connectivity index (χ2v) is 7.37. The third kappa shape index (κ3) is 4.14. The number of nitrogens with zero attached hydrogens (tertiary/aromatic N) is 2. The molecule has 3 heterocycles. The third-order valence-electron chi connectivity index (χ3n) is 5.46. The van der Waals surface area contributed by atoms with E-state index in [9.17, 15) is 14.4 Å². The van der Waals surface area contributed by atoms with Crippen LogP contribution < -0.4 is 11.3 Å². The number of carbonyl (C=O) groups is 1. The Morgan fingerprint density at radius 1 is 1.14 bits per heavy atom. The highest BCUT2D eigenvalue weighted by Crippen LogP contribution is 2.19. The van der Waals surface area contributed by atoms with Crippen molar-refractivity contribution in [3.05, 3.63) is 69.1 Å². The van der Waals surface area contributed by atoms with Crippen molar-refractivity contribution in [1.29, 1.82) is 0 Å². The van der Waals surface area contributed by atoms with Gasteiger partial charge in [0, 0.05) is 37.3 Å². The number of pyridine rings is 1. The Balaban J connectivity index is 1.27. The number of hydrogen-bond acceptors (Lipinski definition) is 5. The van der Waals surface area contributed by atoms with Crippen molar-refractivity contribution < 1.29 is 9.21 Å². The molecule has 4 rings (SSSR count). The first-order valence-corrected chi connectivity index (χ1v) is 9.62. The van der Waals surface area contributed by atoms with Crippen LogP contribution in [0.1, 0.15) is 29.6 Å².